The van der Waals surface area contributed by atoms with E-state index in [2.05, 4.69) is 68.2 Å². The number of aryl methyl sites for hydroxylation is 6. The molecule has 0 saturated heterocycles. The molecule has 0 atom stereocenters. The predicted octanol–water partition coefficient (Wildman–Crippen LogP) is 8.02. The third-order valence-electron chi connectivity index (χ3n) is 6.09. The summed E-state index contributed by atoms with van der Waals surface area (Å²) in [6, 6.07) is 15.0. The number of benzene rings is 2. The zero-order chi connectivity index (χ0) is 24.2. The van der Waals surface area contributed by atoms with Gasteiger partial charge in [0.2, 0.25) is 5.89 Å². The van der Waals surface area contributed by atoms with Crippen molar-refractivity contribution in [3.8, 4) is 11.5 Å². The number of rotatable bonds is 11. The molecule has 0 radical (unpaired) electrons. The van der Waals surface area contributed by atoms with E-state index < -0.39 is 0 Å². The van der Waals surface area contributed by atoms with Gasteiger partial charge in [0.05, 0.1) is 5.69 Å². The number of Topliss-reactive ketones (excluding diaryl/α,β-unsaturated/α-hetero) is 1. The van der Waals surface area contributed by atoms with Crippen molar-refractivity contribution in [2.45, 2.75) is 92.9 Å². The molecule has 3 rings (SSSR count). The first-order valence-corrected chi connectivity index (χ1v) is 12.7. The SMILES string of the molecule is CC.CCc1ccc(-c2nc(CCCC(=O)CCCc3ccc(C)c(CC)c3)c(C)o2)cc1. The summed E-state index contributed by atoms with van der Waals surface area (Å²) in [4.78, 5) is 17.0. The lowest BCUT2D eigenvalue weighted by molar-refractivity contribution is -0.119. The molecule has 3 heteroatoms. The van der Waals surface area contributed by atoms with Crippen LogP contribution in [0.25, 0.3) is 11.5 Å². The molecule has 0 bridgehead atoms. The summed E-state index contributed by atoms with van der Waals surface area (Å²) < 4.78 is 5.88. The summed E-state index contributed by atoms with van der Waals surface area (Å²) in [5.41, 5.74) is 7.38. The number of carbonyl (C=O) groups excluding carboxylic acids is 1. The second-order valence-corrected chi connectivity index (χ2v) is 8.43. The third kappa shape index (κ3) is 7.99. The van der Waals surface area contributed by atoms with Crippen LogP contribution in [-0.2, 0) is 30.5 Å². The van der Waals surface area contributed by atoms with Crippen molar-refractivity contribution in [3.63, 3.8) is 0 Å². The van der Waals surface area contributed by atoms with Crippen molar-refractivity contribution < 1.29 is 9.21 Å². The highest BCUT2D eigenvalue weighted by Crippen LogP contribution is 2.23. The molecule has 178 valence electrons. The van der Waals surface area contributed by atoms with Crippen LogP contribution in [-0.4, -0.2) is 10.8 Å². The average molecular weight is 448 g/mol. The normalized spacial score (nSPS) is 10.6. The van der Waals surface area contributed by atoms with Gasteiger partial charge < -0.3 is 4.42 Å². The molecule has 33 heavy (non-hydrogen) atoms. The summed E-state index contributed by atoms with van der Waals surface area (Å²) >= 11 is 0. The number of carbonyl (C=O) groups is 1. The van der Waals surface area contributed by atoms with Crippen LogP contribution >= 0.6 is 0 Å². The van der Waals surface area contributed by atoms with Gasteiger partial charge in [0.15, 0.2) is 0 Å². The second-order valence-electron chi connectivity index (χ2n) is 8.43. The maximum absolute atomic E-state index is 12.3. The Morgan fingerprint density at radius 3 is 2.12 bits per heavy atom. The summed E-state index contributed by atoms with van der Waals surface area (Å²) in [5.74, 6) is 1.87. The standard InChI is InChI=1S/C28H35NO2.C2H6/c1-5-22-15-17-25(18-16-22)28-29-27(21(4)31-28)12-8-11-26(30)10-7-9-23-14-13-20(3)24(6-2)19-23;1-2/h13-19H,5-12H2,1-4H3;1-2H3. The van der Waals surface area contributed by atoms with Crippen LogP contribution in [0.3, 0.4) is 0 Å². The Morgan fingerprint density at radius 1 is 0.848 bits per heavy atom. The van der Waals surface area contributed by atoms with Gasteiger partial charge in [0, 0.05) is 18.4 Å². The summed E-state index contributed by atoms with van der Waals surface area (Å²) in [5, 5.41) is 0. The average Bonchev–Trinajstić information content (AvgIpc) is 3.21. The molecule has 3 nitrogen and oxygen atoms in total. The van der Waals surface area contributed by atoms with E-state index in [1.165, 1.54) is 22.3 Å². The number of aromatic nitrogens is 1. The lowest BCUT2D eigenvalue weighted by Crippen LogP contribution is -2.01. The number of hydrogen-bond donors (Lipinski definition) is 0. The Labute approximate surface area is 200 Å². The van der Waals surface area contributed by atoms with E-state index in [0.717, 1.165) is 55.5 Å². The first kappa shape index (κ1) is 26.6. The fraction of sp³-hybridized carbons (Fsp3) is 0.467. The smallest absolute Gasteiger partial charge is 0.226 e. The molecule has 0 saturated carbocycles. The van der Waals surface area contributed by atoms with Gasteiger partial charge in [-0.15, -0.1) is 0 Å². The van der Waals surface area contributed by atoms with Crippen LogP contribution in [0.2, 0.25) is 0 Å². The Morgan fingerprint density at radius 2 is 1.48 bits per heavy atom. The van der Waals surface area contributed by atoms with E-state index in [-0.39, 0.29) is 0 Å². The van der Waals surface area contributed by atoms with Crippen molar-refractivity contribution >= 4 is 5.78 Å². The topological polar surface area (TPSA) is 43.1 Å². The summed E-state index contributed by atoms with van der Waals surface area (Å²) in [6.45, 7) is 12.5. The van der Waals surface area contributed by atoms with Crippen LogP contribution in [0.15, 0.2) is 46.9 Å². The maximum atomic E-state index is 12.3. The van der Waals surface area contributed by atoms with Gasteiger partial charge in [-0.3, -0.25) is 4.79 Å². The zero-order valence-corrected chi connectivity index (χ0v) is 21.5. The minimum absolute atomic E-state index is 0.347. The van der Waals surface area contributed by atoms with Gasteiger partial charge in [-0.2, -0.15) is 0 Å². The Bertz CT molecular complexity index is 999. The Hall–Kier alpha value is -2.68. The van der Waals surface area contributed by atoms with Crippen molar-refractivity contribution in [2.75, 3.05) is 0 Å². The van der Waals surface area contributed by atoms with E-state index in [1.54, 1.807) is 0 Å². The summed E-state index contributed by atoms with van der Waals surface area (Å²) in [6.07, 6.45) is 6.86. The fourth-order valence-corrected chi connectivity index (χ4v) is 4.00. The highest BCUT2D eigenvalue weighted by molar-refractivity contribution is 5.78. The molecule has 0 aliphatic rings. The van der Waals surface area contributed by atoms with Crippen molar-refractivity contribution in [1.82, 2.24) is 4.98 Å². The largest absolute Gasteiger partial charge is 0.441 e. The highest BCUT2D eigenvalue weighted by atomic mass is 16.4. The minimum Gasteiger partial charge on any atom is -0.441 e. The molecule has 0 fully saturated rings. The number of ketones is 1. The molecule has 0 aliphatic carbocycles. The van der Waals surface area contributed by atoms with Gasteiger partial charge >= 0.3 is 0 Å². The lowest BCUT2D eigenvalue weighted by atomic mass is 9.98. The summed E-state index contributed by atoms with van der Waals surface area (Å²) in [7, 11) is 0. The van der Waals surface area contributed by atoms with Crippen LogP contribution < -0.4 is 0 Å². The number of oxazole rings is 1. The van der Waals surface area contributed by atoms with E-state index in [4.69, 9.17) is 4.42 Å². The van der Waals surface area contributed by atoms with Gasteiger partial charge in [-0.25, -0.2) is 4.98 Å². The van der Waals surface area contributed by atoms with E-state index in [9.17, 15) is 4.79 Å². The number of hydrogen-bond acceptors (Lipinski definition) is 3. The van der Waals surface area contributed by atoms with Gasteiger partial charge in [0.25, 0.3) is 0 Å². The van der Waals surface area contributed by atoms with E-state index in [0.29, 0.717) is 24.5 Å². The molecule has 2 aromatic carbocycles. The van der Waals surface area contributed by atoms with E-state index >= 15 is 0 Å². The molecule has 1 aromatic heterocycles. The molecule has 1 heterocycles. The van der Waals surface area contributed by atoms with Crippen molar-refractivity contribution in [2.24, 2.45) is 0 Å². The monoisotopic (exact) mass is 447 g/mol. The van der Waals surface area contributed by atoms with Crippen LogP contribution in [0.1, 0.15) is 87.1 Å². The van der Waals surface area contributed by atoms with Crippen LogP contribution in [0.5, 0.6) is 0 Å². The first-order chi connectivity index (χ1) is 16.0. The quantitative estimate of drug-likeness (QED) is 0.299. The fourth-order valence-electron chi connectivity index (χ4n) is 4.00. The van der Waals surface area contributed by atoms with Gasteiger partial charge in [0.1, 0.15) is 11.5 Å². The minimum atomic E-state index is 0.347. The van der Waals surface area contributed by atoms with Crippen molar-refractivity contribution in [1.29, 1.82) is 0 Å². The highest BCUT2D eigenvalue weighted by Gasteiger charge is 2.12. The predicted molar refractivity (Wildman–Crippen MR) is 139 cm³/mol. The van der Waals surface area contributed by atoms with Gasteiger partial charge in [-0.1, -0.05) is 58.0 Å². The first-order valence-electron chi connectivity index (χ1n) is 12.7. The van der Waals surface area contributed by atoms with E-state index in [1.807, 2.05) is 20.8 Å². The molecule has 0 spiro atoms. The maximum Gasteiger partial charge on any atom is 0.226 e. The third-order valence-corrected chi connectivity index (χ3v) is 6.09. The zero-order valence-electron chi connectivity index (χ0n) is 21.5. The molecule has 0 amide bonds. The van der Waals surface area contributed by atoms with Crippen molar-refractivity contribution in [3.05, 3.63) is 76.2 Å². The van der Waals surface area contributed by atoms with Crippen LogP contribution in [0, 0.1) is 13.8 Å². The molecule has 3 aromatic rings. The molecule has 0 aliphatic heterocycles. The van der Waals surface area contributed by atoms with Gasteiger partial charge in [-0.05, 0) is 86.8 Å². The molecule has 0 unspecified atom stereocenters. The second kappa shape index (κ2) is 13.8. The Balaban J connectivity index is 0.00000187. The Kier molecular flexibility index (Phi) is 11.1. The van der Waals surface area contributed by atoms with Crippen LogP contribution in [0.4, 0.5) is 0 Å². The lowest BCUT2D eigenvalue weighted by Gasteiger charge is -2.07. The molecule has 0 N–H and O–H groups in total. The number of nitrogens with zero attached hydrogens (tertiary/aromatic N) is 1. The molecular weight excluding hydrogens is 406 g/mol. The molecular formula is C30H41NO2.